The van der Waals surface area contributed by atoms with Crippen molar-refractivity contribution in [3.05, 3.63) is 57.9 Å². The molecule has 0 radical (unpaired) electrons. The first-order valence-corrected chi connectivity index (χ1v) is 10.4. The van der Waals surface area contributed by atoms with Gasteiger partial charge in [0.1, 0.15) is 5.01 Å². The van der Waals surface area contributed by atoms with Gasteiger partial charge in [-0.3, -0.25) is 5.10 Å². The monoisotopic (exact) mass is 364 g/mol. The predicted molar refractivity (Wildman–Crippen MR) is 106 cm³/mol. The minimum absolute atomic E-state index is 0.449. The highest BCUT2D eigenvalue weighted by atomic mass is 32.1. The van der Waals surface area contributed by atoms with Gasteiger partial charge in [-0.25, -0.2) is 4.98 Å². The summed E-state index contributed by atoms with van der Waals surface area (Å²) in [6.45, 7) is 2.13. The molecule has 0 fully saturated rings. The summed E-state index contributed by atoms with van der Waals surface area (Å²) in [6, 6.07) is 9.73. The normalized spacial score (nSPS) is 22.0. The fourth-order valence-corrected chi connectivity index (χ4v) is 5.44. The van der Waals surface area contributed by atoms with E-state index in [1.54, 1.807) is 0 Å². The average molecular weight is 365 g/mol. The van der Waals surface area contributed by atoms with Crippen LogP contribution >= 0.6 is 11.3 Å². The number of thiazole rings is 1. The molecule has 5 heteroatoms. The molecule has 26 heavy (non-hydrogen) atoms. The molecule has 5 rings (SSSR count). The van der Waals surface area contributed by atoms with Crippen molar-refractivity contribution >= 4 is 11.3 Å². The largest absolute Gasteiger partial charge is 0.306 e. The minimum Gasteiger partial charge on any atom is -0.306 e. The Morgan fingerprint density at radius 3 is 2.92 bits per heavy atom. The second-order valence-corrected chi connectivity index (χ2v) is 8.65. The van der Waals surface area contributed by atoms with Crippen molar-refractivity contribution in [3.8, 4) is 10.6 Å². The molecule has 0 spiro atoms. The zero-order valence-electron chi connectivity index (χ0n) is 15.1. The van der Waals surface area contributed by atoms with E-state index in [2.05, 4.69) is 46.7 Å². The van der Waals surface area contributed by atoms with Crippen molar-refractivity contribution in [1.82, 2.24) is 20.5 Å². The summed E-state index contributed by atoms with van der Waals surface area (Å²) in [6.07, 6.45) is 8.93. The molecule has 3 aromatic rings. The topological polar surface area (TPSA) is 53.6 Å². The zero-order valence-corrected chi connectivity index (χ0v) is 15.9. The van der Waals surface area contributed by atoms with Crippen LogP contribution in [0.2, 0.25) is 0 Å². The van der Waals surface area contributed by atoms with Gasteiger partial charge in [-0.05, 0) is 44.6 Å². The van der Waals surface area contributed by atoms with E-state index >= 15 is 0 Å². The summed E-state index contributed by atoms with van der Waals surface area (Å²) in [7, 11) is 0. The van der Waals surface area contributed by atoms with Gasteiger partial charge in [-0.15, -0.1) is 11.3 Å². The van der Waals surface area contributed by atoms with Crippen molar-refractivity contribution in [3.63, 3.8) is 0 Å². The maximum atomic E-state index is 4.98. The van der Waals surface area contributed by atoms with Gasteiger partial charge in [-0.1, -0.05) is 29.8 Å². The van der Waals surface area contributed by atoms with E-state index < -0.39 is 0 Å². The van der Waals surface area contributed by atoms with Crippen LogP contribution in [-0.2, 0) is 19.3 Å². The number of aryl methyl sites for hydroxylation is 3. The highest BCUT2D eigenvalue weighted by molar-refractivity contribution is 7.15. The van der Waals surface area contributed by atoms with Crippen molar-refractivity contribution in [2.75, 3.05) is 0 Å². The molecular formula is C21H24N4S. The summed E-state index contributed by atoms with van der Waals surface area (Å²) >= 11 is 1.88. The molecule has 2 aliphatic carbocycles. The molecule has 0 aliphatic heterocycles. The highest BCUT2D eigenvalue weighted by Crippen LogP contribution is 2.38. The molecule has 0 saturated carbocycles. The third-order valence-corrected chi connectivity index (χ3v) is 6.97. The molecule has 0 saturated heterocycles. The van der Waals surface area contributed by atoms with E-state index in [9.17, 15) is 0 Å². The summed E-state index contributed by atoms with van der Waals surface area (Å²) in [5.74, 6) is 0. The van der Waals surface area contributed by atoms with Crippen LogP contribution in [0.3, 0.4) is 0 Å². The number of nitrogens with one attached hydrogen (secondary N) is 2. The van der Waals surface area contributed by atoms with Gasteiger partial charge in [0, 0.05) is 34.6 Å². The van der Waals surface area contributed by atoms with E-state index in [-0.39, 0.29) is 0 Å². The number of aromatic nitrogens is 3. The molecule has 134 valence electrons. The van der Waals surface area contributed by atoms with Gasteiger partial charge >= 0.3 is 0 Å². The lowest BCUT2D eigenvalue weighted by molar-refractivity contribution is 0.369. The van der Waals surface area contributed by atoms with Crippen molar-refractivity contribution in [1.29, 1.82) is 0 Å². The first-order valence-electron chi connectivity index (χ1n) is 9.60. The Morgan fingerprint density at radius 2 is 2.04 bits per heavy atom. The summed E-state index contributed by atoms with van der Waals surface area (Å²) < 4.78 is 0. The van der Waals surface area contributed by atoms with Crippen LogP contribution in [0.4, 0.5) is 0 Å². The third kappa shape index (κ3) is 2.99. The van der Waals surface area contributed by atoms with E-state index in [0.717, 1.165) is 19.3 Å². The van der Waals surface area contributed by atoms with Gasteiger partial charge in [-0.2, -0.15) is 5.10 Å². The fraction of sp³-hybridized carbons (Fsp3) is 0.429. The molecule has 4 nitrogen and oxygen atoms in total. The highest BCUT2D eigenvalue weighted by Gasteiger charge is 2.28. The summed E-state index contributed by atoms with van der Waals surface area (Å²) in [5, 5.41) is 12.5. The molecule has 0 amide bonds. The van der Waals surface area contributed by atoms with Gasteiger partial charge < -0.3 is 5.32 Å². The Morgan fingerprint density at radius 1 is 1.15 bits per heavy atom. The number of aromatic amines is 1. The SMILES string of the molecule is Cc1ccc(-c2nc3c(s2)C(NC2CCc4cn[nH]c4C2)CCC3)cc1. The predicted octanol–water partition coefficient (Wildman–Crippen LogP) is 4.37. The molecule has 2 heterocycles. The Kier molecular flexibility index (Phi) is 4.14. The van der Waals surface area contributed by atoms with Crippen LogP contribution < -0.4 is 5.32 Å². The number of H-pyrrole nitrogens is 1. The first-order chi connectivity index (χ1) is 12.8. The van der Waals surface area contributed by atoms with E-state index in [0.29, 0.717) is 12.1 Å². The first kappa shape index (κ1) is 16.2. The number of nitrogens with zero attached hydrogens (tertiary/aromatic N) is 2. The molecule has 2 unspecified atom stereocenters. The van der Waals surface area contributed by atoms with Crippen LogP contribution in [0.25, 0.3) is 10.6 Å². The fourth-order valence-electron chi connectivity index (χ4n) is 4.23. The van der Waals surface area contributed by atoms with Crippen molar-refractivity contribution < 1.29 is 0 Å². The van der Waals surface area contributed by atoms with E-state index in [4.69, 9.17) is 4.98 Å². The second kappa shape index (κ2) is 6.63. The van der Waals surface area contributed by atoms with Crippen LogP contribution in [0.5, 0.6) is 0 Å². The number of rotatable bonds is 3. The zero-order chi connectivity index (χ0) is 17.5. The standard InChI is InChI=1S/C21H24N4S/c1-13-5-7-14(8-6-13)21-24-18-4-2-3-17(20(18)26-21)23-16-10-9-15-12-22-25-19(15)11-16/h5-8,12,16-17,23H,2-4,9-11H2,1H3,(H,22,25). The quantitative estimate of drug-likeness (QED) is 0.726. The van der Waals surface area contributed by atoms with Crippen LogP contribution in [0.15, 0.2) is 30.5 Å². The maximum absolute atomic E-state index is 4.98. The van der Waals surface area contributed by atoms with Gasteiger partial charge in [0.2, 0.25) is 0 Å². The maximum Gasteiger partial charge on any atom is 0.123 e. The Balaban J connectivity index is 1.37. The molecule has 2 aromatic heterocycles. The summed E-state index contributed by atoms with van der Waals surface area (Å²) in [5.41, 5.74) is 6.56. The van der Waals surface area contributed by atoms with Crippen molar-refractivity contribution in [2.24, 2.45) is 0 Å². The van der Waals surface area contributed by atoms with Crippen LogP contribution in [-0.4, -0.2) is 21.2 Å². The number of fused-ring (bicyclic) bond motifs is 2. The number of benzene rings is 1. The Hall–Kier alpha value is -1.98. The van der Waals surface area contributed by atoms with Crippen LogP contribution in [0, 0.1) is 6.92 Å². The van der Waals surface area contributed by atoms with Crippen molar-refractivity contribution in [2.45, 2.75) is 57.5 Å². The average Bonchev–Trinajstić information content (AvgIpc) is 3.29. The Labute approximate surface area is 158 Å². The minimum atomic E-state index is 0.449. The summed E-state index contributed by atoms with van der Waals surface area (Å²) in [4.78, 5) is 6.44. The lowest BCUT2D eigenvalue weighted by Crippen LogP contribution is -2.38. The van der Waals surface area contributed by atoms with Gasteiger partial charge in [0.25, 0.3) is 0 Å². The molecule has 0 bridgehead atoms. The van der Waals surface area contributed by atoms with E-state index in [1.807, 2.05) is 17.5 Å². The number of hydrogen-bond donors (Lipinski definition) is 2. The van der Waals surface area contributed by atoms with Crippen LogP contribution in [0.1, 0.15) is 52.7 Å². The smallest absolute Gasteiger partial charge is 0.123 e. The third-order valence-electron chi connectivity index (χ3n) is 5.71. The molecule has 2 N–H and O–H groups in total. The molecular weight excluding hydrogens is 340 g/mol. The lowest BCUT2D eigenvalue weighted by Gasteiger charge is -2.30. The molecule has 2 atom stereocenters. The molecule has 2 aliphatic rings. The lowest BCUT2D eigenvalue weighted by atomic mass is 9.91. The molecule has 1 aromatic carbocycles. The number of hydrogen-bond acceptors (Lipinski definition) is 4. The Bertz CT molecular complexity index is 908. The van der Waals surface area contributed by atoms with E-state index in [1.165, 1.54) is 57.2 Å². The second-order valence-electron chi connectivity index (χ2n) is 7.62. The van der Waals surface area contributed by atoms with Gasteiger partial charge in [0.15, 0.2) is 0 Å². The van der Waals surface area contributed by atoms with Gasteiger partial charge in [0.05, 0.1) is 11.9 Å².